The molecule has 0 aliphatic rings. The summed E-state index contributed by atoms with van der Waals surface area (Å²) < 4.78 is 27.6. The molecule has 156 valence electrons. The molecule has 0 saturated heterocycles. The van der Waals surface area contributed by atoms with Crippen LogP contribution < -0.4 is 10.3 Å². The Morgan fingerprint density at radius 3 is 2.57 bits per heavy atom. The number of nitrogens with zero attached hydrogens (tertiary/aromatic N) is 3. The lowest BCUT2D eigenvalue weighted by molar-refractivity contribution is -0.147. The molecule has 0 bridgehead atoms. The summed E-state index contributed by atoms with van der Waals surface area (Å²) in [7, 11) is 2.69. The first kappa shape index (κ1) is 21.7. The molecule has 1 atom stereocenters. The molecule has 0 saturated carbocycles. The minimum absolute atomic E-state index is 0.00327. The number of methoxy groups -OCH3 is 1. The number of hydrogen-bond donors (Lipinski definition) is 0. The third kappa shape index (κ3) is 4.12. The van der Waals surface area contributed by atoms with Crippen molar-refractivity contribution in [3.8, 4) is 22.7 Å². The minimum Gasteiger partial charge on any atom is -0.477 e. The van der Waals surface area contributed by atoms with Gasteiger partial charge in [-0.15, -0.1) is 0 Å². The second-order valence-electron chi connectivity index (χ2n) is 6.29. The van der Waals surface area contributed by atoms with Gasteiger partial charge in [-0.25, -0.2) is 13.9 Å². The average molecular weight is 450 g/mol. The largest absolute Gasteiger partial charge is 0.477 e. The van der Waals surface area contributed by atoms with Gasteiger partial charge < -0.3 is 9.47 Å². The van der Waals surface area contributed by atoms with Crippen molar-refractivity contribution in [3.63, 3.8) is 0 Å². The van der Waals surface area contributed by atoms with Gasteiger partial charge in [-0.1, -0.05) is 29.8 Å². The van der Waals surface area contributed by atoms with Gasteiger partial charge in [0, 0.05) is 12.6 Å². The molecule has 10 heteroatoms. The van der Waals surface area contributed by atoms with E-state index in [1.165, 1.54) is 36.4 Å². The van der Waals surface area contributed by atoms with E-state index in [0.29, 0.717) is 5.69 Å². The summed E-state index contributed by atoms with van der Waals surface area (Å²) in [4.78, 5) is 24.4. The highest BCUT2D eigenvalue weighted by molar-refractivity contribution is 7.71. The van der Waals surface area contributed by atoms with Crippen molar-refractivity contribution in [2.24, 2.45) is 7.05 Å². The third-order valence-electron chi connectivity index (χ3n) is 4.29. The number of hydrogen-bond acceptors (Lipinski definition) is 6. The van der Waals surface area contributed by atoms with Crippen LogP contribution in [0, 0.1) is 10.6 Å². The number of benzene rings is 2. The molecule has 3 aromatic rings. The Balaban J connectivity index is 2.19. The average Bonchev–Trinajstić information content (AvgIpc) is 2.74. The Morgan fingerprint density at radius 1 is 1.27 bits per heavy atom. The van der Waals surface area contributed by atoms with Crippen LogP contribution in [0.2, 0.25) is 5.02 Å². The van der Waals surface area contributed by atoms with Gasteiger partial charge in [0.2, 0.25) is 4.77 Å². The van der Waals surface area contributed by atoms with E-state index in [1.807, 2.05) is 6.07 Å². The van der Waals surface area contributed by atoms with Gasteiger partial charge in [-0.05, 0) is 43.4 Å². The molecule has 0 fully saturated rings. The van der Waals surface area contributed by atoms with Crippen LogP contribution in [0.3, 0.4) is 0 Å². The third-order valence-corrected chi connectivity index (χ3v) is 5.03. The van der Waals surface area contributed by atoms with Gasteiger partial charge in [0.25, 0.3) is 5.56 Å². The molecule has 2 aromatic carbocycles. The van der Waals surface area contributed by atoms with E-state index in [1.54, 1.807) is 24.3 Å². The number of halogens is 2. The molecular weight excluding hydrogens is 433 g/mol. The van der Waals surface area contributed by atoms with Crippen molar-refractivity contribution in [1.82, 2.24) is 14.3 Å². The molecule has 7 nitrogen and oxygen atoms in total. The molecule has 0 aliphatic heterocycles. The zero-order valence-electron chi connectivity index (χ0n) is 16.3. The van der Waals surface area contributed by atoms with Crippen molar-refractivity contribution in [2.45, 2.75) is 13.0 Å². The molecule has 0 N–H and O–H groups in total. The molecule has 0 aliphatic carbocycles. The van der Waals surface area contributed by atoms with Gasteiger partial charge >= 0.3 is 5.97 Å². The number of esters is 1. The molecule has 0 radical (unpaired) electrons. The second-order valence-corrected chi connectivity index (χ2v) is 7.06. The van der Waals surface area contributed by atoms with Crippen molar-refractivity contribution in [3.05, 3.63) is 68.4 Å². The second kappa shape index (κ2) is 8.76. The fraction of sp³-hybridized carbons (Fsp3) is 0.200. The number of aromatic nitrogens is 3. The Morgan fingerprint density at radius 2 is 1.93 bits per heavy atom. The summed E-state index contributed by atoms with van der Waals surface area (Å²) in [5.74, 6) is -1.41. The van der Waals surface area contributed by atoms with Gasteiger partial charge in [-0.3, -0.25) is 9.36 Å². The van der Waals surface area contributed by atoms with Crippen LogP contribution in [0.25, 0.3) is 16.9 Å². The minimum atomic E-state index is -0.995. The first-order valence-corrected chi connectivity index (χ1v) is 9.53. The SMILES string of the molecule is COC(=O)[C@@H](C)Oc1cc(-c2nn(-c3ccccc3)c(=S)n(C)c2=O)c(F)cc1Cl. The highest BCUT2D eigenvalue weighted by Crippen LogP contribution is 2.32. The molecule has 30 heavy (non-hydrogen) atoms. The molecular formula is C20H17ClFN3O4S. The number of carbonyl (C=O) groups is 1. The highest BCUT2D eigenvalue weighted by Gasteiger charge is 2.21. The number of carbonyl (C=O) groups excluding carboxylic acids is 1. The maximum atomic E-state index is 14.8. The highest BCUT2D eigenvalue weighted by atomic mass is 35.5. The van der Waals surface area contributed by atoms with Crippen LogP contribution in [-0.2, 0) is 16.6 Å². The molecule has 1 heterocycles. The van der Waals surface area contributed by atoms with E-state index in [-0.39, 0.29) is 26.8 Å². The summed E-state index contributed by atoms with van der Waals surface area (Å²) in [5, 5.41) is 4.21. The van der Waals surface area contributed by atoms with Crippen LogP contribution in [0.4, 0.5) is 4.39 Å². The number of ether oxygens (including phenoxy) is 2. The summed E-state index contributed by atoms with van der Waals surface area (Å²) in [6.07, 6.45) is -0.995. The Bertz CT molecular complexity index is 1230. The Kier molecular flexibility index (Phi) is 6.33. The smallest absolute Gasteiger partial charge is 0.346 e. The predicted molar refractivity (Wildman–Crippen MR) is 112 cm³/mol. The van der Waals surface area contributed by atoms with Crippen LogP contribution in [0.15, 0.2) is 47.3 Å². The van der Waals surface area contributed by atoms with Crippen LogP contribution >= 0.6 is 23.8 Å². The zero-order valence-corrected chi connectivity index (χ0v) is 17.8. The number of rotatable bonds is 5. The Hall–Kier alpha value is -3.04. The topological polar surface area (TPSA) is 75.3 Å². The fourth-order valence-electron chi connectivity index (χ4n) is 2.69. The van der Waals surface area contributed by atoms with E-state index < -0.39 is 23.4 Å². The Labute approximate surface area is 181 Å². The van der Waals surface area contributed by atoms with Gasteiger partial charge in [0.15, 0.2) is 11.8 Å². The standard InChI is InChI=1S/C20H17ClFN3O4S/c1-11(19(27)28-3)29-16-9-13(15(22)10-14(16)21)17-18(26)24(2)20(30)25(23-17)12-7-5-4-6-8-12/h4-11H,1-3H3/t11-/m1/s1. The number of para-hydroxylation sites is 1. The fourth-order valence-corrected chi connectivity index (χ4v) is 3.11. The maximum absolute atomic E-state index is 14.8. The van der Waals surface area contributed by atoms with Crippen molar-refractivity contribution in [1.29, 1.82) is 0 Å². The van der Waals surface area contributed by atoms with Gasteiger partial charge in [-0.2, -0.15) is 5.10 Å². The van der Waals surface area contributed by atoms with E-state index in [2.05, 4.69) is 9.84 Å². The molecule has 0 unspecified atom stereocenters. The van der Waals surface area contributed by atoms with Crippen LogP contribution in [0.5, 0.6) is 5.75 Å². The zero-order chi connectivity index (χ0) is 22.0. The van der Waals surface area contributed by atoms with Crippen LogP contribution in [0.1, 0.15) is 6.92 Å². The lowest BCUT2D eigenvalue weighted by Crippen LogP contribution is -2.27. The lowest BCUT2D eigenvalue weighted by Gasteiger charge is -2.16. The maximum Gasteiger partial charge on any atom is 0.346 e. The molecule has 0 spiro atoms. The molecule has 3 rings (SSSR count). The monoisotopic (exact) mass is 449 g/mol. The van der Waals surface area contributed by atoms with Crippen molar-refractivity contribution >= 4 is 29.8 Å². The summed E-state index contributed by atoms with van der Waals surface area (Å²) in [5.41, 5.74) is -0.337. The normalized spacial score (nSPS) is 11.8. The van der Waals surface area contributed by atoms with Crippen molar-refractivity contribution < 1.29 is 18.7 Å². The first-order valence-electron chi connectivity index (χ1n) is 8.74. The first-order chi connectivity index (χ1) is 14.2. The van der Waals surface area contributed by atoms with Gasteiger partial charge in [0.1, 0.15) is 11.6 Å². The van der Waals surface area contributed by atoms with Gasteiger partial charge in [0.05, 0.1) is 17.8 Å². The predicted octanol–water partition coefficient (Wildman–Crippen LogP) is 3.70. The summed E-state index contributed by atoms with van der Waals surface area (Å²) in [6, 6.07) is 11.1. The van der Waals surface area contributed by atoms with E-state index in [0.717, 1.165) is 6.07 Å². The molecule has 1 aromatic heterocycles. The van der Waals surface area contributed by atoms with Crippen molar-refractivity contribution in [2.75, 3.05) is 7.11 Å². The molecule has 0 amide bonds. The van der Waals surface area contributed by atoms with E-state index in [4.69, 9.17) is 28.6 Å². The summed E-state index contributed by atoms with van der Waals surface area (Å²) >= 11 is 11.4. The van der Waals surface area contributed by atoms with E-state index in [9.17, 15) is 14.0 Å². The van der Waals surface area contributed by atoms with Crippen LogP contribution in [-0.4, -0.2) is 33.5 Å². The summed E-state index contributed by atoms with van der Waals surface area (Å²) in [6.45, 7) is 1.46. The quantitative estimate of drug-likeness (QED) is 0.436. The van der Waals surface area contributed by atoms with E-state index >= 15 is 0 Å². The lowest BCUT2D eigenvalue weighted by atomic mass is 10.1.